The summed E-state index contributed by atoms with van der Waals surface area (Å²) < 4.78 is 14.9. The standard InChI is InChI=1S/C21H27FN6O3/c1-14-23-19(25-17-9-3-2-4-10-17)18(22)20(24-14)26-27-21(30)16(12-28(31)13-29)11-15-7-5-6-8-15/h2-4,9-10,13,15-16,31H,5-8,11-12H2,1H3,(H,27,30)(H2,23,24,25,26)/t16-/m1/s1. The van der Waals surface area contributed by atoms with E-state index in [9.17, 15) is 19.2 Å². The van der Waals surface area contributed by atoms with E-state index in [-0.39, 0.29) is 24.6 Å². The molecule has 9 nitrogen and oxygen atoms in total. The van der Waals surface area contributed by atoms with Gasteiger partial charge in [0.2, 0.25) is 18.1 Å². The maximum absolute atomic E-state index is 14.9. The molecule has 1 aliphatic carbocycles. The molecule has 0 unspecified atom stereocenters. The topological polar surface area (TPSA) is 119 Å². The lowest BCUT2D eigenvalue weighted by Crippen LogP contribution is -2.41. The van der Waals surface area contributed by atoms with Crippen LogP contribution in [0.15, 0.2) is 30.3 Å². The number of aromatic nitrogens is 2. The minimum Gasteiger partial charge on any atom is -0.338 e. The Hall–Kier alpha value is -3.27. The summed E-state index contributed by atoms with van der Waals surface area (Å²) in [6, 6.07) is 9.00. The first kappa shape index (κ1) is 22.4. The van der Waals surface area contributed by atoms with Crippen LogP contribution in [0.25, 0.3) is 0 Å². The number of benzene rings is 1. The molecule has 0 bridgehead atoms. The van der Waals surface area contributed by atoms with Crippen molar-refractivity contribution < 1.29 is 19.2 Å². The fraction of sp³-hybridized carbons (Fsp3) is 0.429. The number of para-hydroxylation sites is 1. The van der Waals surface area contributed by atoms with E-state index in [1.54, 1.807) is 19.1 Å². The number of hydroxylamine groups is 2. The van der Waals surface area contributed by atoms with Gasteiger partial charge < -0.3 is 5.32 Å². The maximum atomic E-state index is 14.9. The molecule has 10 heteroatoms. The Kier molecular flexibility index (Phi) is 7.71. The number of carbonyl (C=O) groups is 2. The van der Waals surface area contributed by atoms with E-state index in [0.29, 0.717) is 28.9 Å². The molecule has 3 rings (SSSR count). The van der Waals surface area contributed by atoms with Crippen LogP contribution >= 0.6 is 0 Å². The first-order valence-electron chi connectivity index (χ1n) is 10.3. The Morgan fingerprint density at radius 1 is 1.26 bits per heavy atom. The number of hydrazine groups is 1. The monoisotopic (exact) mass is 430 g/mol. The second-order valence-electron chi connectivity index (χ2n) is 7.70. The molecule has 4 N–H and O–H groups in total. The van der Waals surface area contributed by atoms with Crippen molar-refractivity contribution in [1.82, 2.24) is 20.5 Å². The fourth-order valence-corrected chi connectivity index (χ4v) is 3.79. The maximum Gasteiger partial charge on any atom is 0.243 e. The molecule has 0 aliphatic heterocycles. The van der Waals surface area contributed by atoms with Crippen molar-refractivity contribution in [3.63, 3.8) is 0 Å². The van der Waals surface area contributed by atoms with E-state index in [1.807, 2.05) is 18.2 Å². The Morgan fingerprint density at radius 3 is 2.61 bits per heavy atom. The Morgan fingerprint density at radius 2 is 1.94 bits per heavy atom. The van der Waals surface area contributed by atoms with Gasteiger partial charge in [-0.3, -0.25) is 25.6 Å². The molecule has 1 atom stereocenters. The van der Waals surface area contributed by atoms with Crippen molar-refractivity contribution in [2.75, 3.05) is 17.3 Å². The van der Waals surface area contributed by atoms with Gasteiger partial charge in [0.05, 0.1) is 12.5 Å². The van der Waals surface area contributed by atoms with E-state index in [4.69, 9.17) is 0 Å². The second kappa shape index (κ2) is 10.7. The highest BCUT2D eigenvalue weighted by Gasteiger charge is 2.27. The number of amides is 2. The van der Waals surface area contributed by atoms with Gasteiger partial charge in [-0.1, -0.05) is 43.9 Å². The van der Waals surface area contributed by atoms with Crippen molar-refractivity contribution in [2.45, 2.75) is 39.0 Å². The van der Waals surface area contributed by atoms with Crippen LogP contribution in [-0.2, 0) is 9.59 Å². The quantitative estimate of drug-likeness (QED) is 0.260. The third kappa shape index (κ3) is 6.35. The molecular formula is C21H27FN6O3. The van der Waals surface area contributed by atoms with Crippen LogP contribution in [0.3, 0.4) is 0 Å². The first-order chi connectivity index (χ1) is 15.0. The van der Waals surface area contributed by atoms with Gasteiger partial charge in [0, 0.05) is 5.69 Å². The van der Waals surface area contributed by atoms with E-state index in [0.717, 1.165) is 25.7 Å². The van der Waals surface area contributed by atoms with E-state index >= 15 is 0 Å². The van der Waals surface area contributed by atoms with Crippen LogP contribution in [0.5, 0.6) is 0 Å². The highest BCUT2D eigenvalue weighted by atomic mass is 19.1. The summed E-state index contributed by atoms with van der Waals surface area (Å²) in [4.78, 5) is 31.6. The first-order valence-corrected chi connectivity index (χ1v) is 10.3. The molecule has 166 valence electrons. The zero-order valence-corrected chi connectivity index (χ0v) is 17.3. The third-order valence-corrected chi connectivity index (χ3v) is 5.30. The lowest BCUT2D eigenvalue weighted by atomic mass is 9.92. The van der Waals surface area contributed by atoms with Crippen molar-refractivity contribution in [2.24, 2.45) is 11.8 Å². The summed E-state index contributed by atoms with van der Waals surface area (Å²) in [6.45, 7) is 1.47. The average molecular weight is 430 g/mol. The van der Waals surface area contributed by atoms with Gasteiger partial charge >= 0.3 is 0 Å². The predicted octanol–water partition coefficient (Wildman–Crippen LogP) is 3.15. The molecule has 0 spiro atoms. The Balaban J connectivity index is 1.68. The summed E-state index contributed by atoms with van der Waals surface area (Å²) >= 11 is 0. The summed E-state index contributed by atoms with van der Waals surface area (Å²) in [6.07, 6.45) is 5.03. The lowest BCUT2D eigenvalue weighted by Gasteiger charge is -2.22. The lowest BCUT2D eigenvalue weighted by molar-refractivity contribution is -0.154. The number of rotatable bonds is 10. The van der Waals surface area contributed by atoms with Gasteiger partial charge in [0.15, 0.2) is 11.6 Å². The normalized spacial score (nSPS) is 14.7. The van der Waals surface area contributed by atoms with E-state index in [1.165, 1.54) is 0 Å². The number of hydrogen-bond acceptors (Lipinski definition) is 7. The largest absolute Gasteiger partial charge is 0.338 e. The predicted molar refractivity (Wildman–Crippen MR) is 113 cm³/mol. The van der Waals surface area contributed by atoms with Crippen molar-refractivity contribution in [3.8, 4) is 0 Å². The van der Waals surface area contributed by atoms with Crippen LogP contribution < -0.4 is 16.2 Å². The van der Waals surface area contributed by atoms with Gasteiger partial charge in [0.1, 0.15) is 5.82 Å². The van der Waals surface area contributed by atoms with Gasteiger partial charge in [0.25, 0.3) is 0 Å². The number of hydrogen-bond donors (Lipinski definition) is 4. The van der Waals surface area contributed by atoms with Gasteiger partial charge in [-0.2, -0.15) is 4.39 Å². The van der Waals surface area contributed by atoms with Gasteiger partial charge in [-0.25, -0.2) is 15.0 Å². The molecule has 0 saturated heterocycles. The van der Waals surface area contributed by atoms with Crippen LogP contribution in [0, 0.1) is 24.6 Å². The number of aryl methyl sites for hydroxylation is 1. The highest BCUT2D eigenvalue weighted by Crippen LogP contribution is 2.30. The molecule has 1 fully saturated rings. The number of halogens is 1. The van der Waals surface area contributed by atoms with Crippen LogP contribution in [-0.4, -0.2) is 39.1 Å². The number of nitrogens with zero attached hydrogens (tertiary/aromatic N) is 3. The van der Waals surface area contributed by atoms with Crippen molar-refractivity contribution in [3.05, 3.63) is 42.0 Å². The summed E-state index contributed by atoms with van der Waals surface area (Å²) in [5.74, 6) is -1.40. The van der Waals surface area contributed by atoms with Crippen molar-refractivity contribution in [1.29, 1.82) is 0 Å². The van der Waals surface area contributed by atoms with Gasteiger partial charge in [-0.05, 0) is 31.4 Å². The summed E-state index contributed by atoms with van der Waals surface area (Å²) in [5, 5.41) is 12.9. The number of carbonyl (C=O) groups excluding carboxylic acids is 2. The third-order valence-electron chi connectivity index (χ3n) is 5.30. The molecule has 2 aromatic rings. The Labute approximate surface area is 180 Å². The molecule has 1 aromatic carbocycles. The number of anilines is 3. The van der Waals surface area contributed by atoms with E-state index in [2.05, 4.69) is 26.1 Å². The zero-order chi connectivity index (χ0) is 22.2. The molecule has 2 amide bonds. The Bertz CT molecular complexity index is 892. The smallest absolute Gasteiger partial charge is 0.243 e. The van der Waals surface area contributed by atoms with Gasteiger partial charge in [-0.15, -0.1) is 0 Å². The summed E-state index contributed by atoms with van der Waals surface area (Å²) in [5.41, 5.74) is 5.64. The van der Waals surface area contributed by atoms with Crippen LogP contribution in [0.1, 0.15) is 37.9 Å². The molecule has 1 heterocycles. The average Bonchev–Trinajstić information content (AvgIpc) is 3.28. The van der Waals surface area contributed by atoms with E-state index < -0.39 is 17.6 Å². The summed E-state index contributed by atoms with van der Waals surface area (Å²) in [7, 11) is 0. The second-order valence-corrected chi connectivity index (χ2v) is 7.70. The van der Waals surface area contributed by atoms with Crippen molar-refractivity contribution >= 4 is 29.6 Å². The highest BCUT2D eigenvalue weighted by molar-refractivity contribution is 5.80. The SMILES string of the molecule is Cc1nc(NNC(=O)[C@H](CC2CCCC2)CN(O)C=O)c(F)c(Nc2ccccc2)n1. The molecule has 1 aromatic heterocycles. The van der Waals surface area contributed by atoms with Crippen LogP contribution in [0.4, 0.5) is 21.7 Å². The van der Waals surface area contributed by atoms with Crippen LogP contribution in [0.2, 0.25) is 0 Å². The number of nitrogens with one attached hydrogen (secondary N) is 3. The molecule has 1 saturated carbocycles. The molecule has 0 radical (unpaired) electrons. The molecular weight excluding hydrogens is 403 g/mol. The minimum absolute atomic E-state index is 0.0274. The molecule has 1 aliphatic rings. The zero-order valence-electron chi connectivity index (χ0n) is 17.3. The fourth-order valence-electron chi connectivity index (χ4n) is 3.79. The molecule has 31 heavy (non-hydrogen) atoms. The minimum atomic E-state index is -0.751.